The van der Waals surface area contributed by atoms with Crippen LogP contribution >= 0.6 is 0 Å². The van der Waals surface area contributed by atoms with Gasteiger partial charge in [-0.1, -0.05) is 44.0 Å². The number of carbonyl (C=O) groups excluding carboxylic acids is 7. The summed E-state index contributed by atoms with van der Waals surface area (Å²) in [6.45, 7) is 8.69. The van der Waals surface area contributed by atoms with Crippen LogP contribution in [0.5, 0.6) is 0 Å². The smallest absolute Gasteiger partial charge is 0.325 e. The van der Waals surface area contributed by atoms with Crippen LogP contribution in [0.3, 0.4) is 0 Å². The van der Waals surface area contributed by atoms with Gasteiger partial charge < -0.3 is 51.0 Å². The van der Waals surface area contributed by atoms with Crippen LogP contribution < -0.4 is 31.9 Å². The fourth-order valence-corrected chi connectivity index (χ4v) is 8.62. The summed E-state index contributed by atoms with van der Waals surface area (Å²) in [5.74, 6) is -0.948. The van der Waals surface area contributed by atoms with Crippen LogP contribution in [-0.4, -0.2) is 158 Å². The zero-order valence-electron chi connectivity index (χ0n) is 37.1. The Morgan fingerprint density at radius 1 is 0.852 bits per heavy atom. The second kappa shape index (κ2) is 25.2. The number of hydrogen-bond acceptors (Lipinski definition) is 9. The van der Waals surface area contributed by atoms with E-state index in [1.165, 1.54) is 16.0 Å². The highest BCUT2D eigenvalue weighted by atomic mass is 16.2. The van der Waals surface area contributed by atoms with Crippen LogP contribution in [0.1, 0.15) is 103 Å². The van der Waals surface area contributed by atoms with Crippen molar-refractivity contribution in [2.24, 2.45) is 0 Å². The predicted octanol–water partition coefficient (Wildman–Crippen LogP) is 2.52. The van der Waals surface area contributed by atoms with Crippen molar-refractivity contribution in [1.29, 1.82) is 0 Å². The minimum Gasteiger partial charge on any atom is -0.351 e. The number of amides is 9. The van der Waals surface area contributed by atoms with Gasteiger partial charge in [0, 0.05) is 63.8 Å². The first-order chi connectivity index (χ1) is 29.4. The number of carbonyl (C=O) groups is 7. The average molecular weight is 853 g/mol. The topological polar surface area (TPSA) is 205 Å². The summed E-state index contributed by atoms with van der Waals surface area (Å²) >= 11 is 0. The molecule has 2 aliphatic heterocycles. The van der Waals surface area contributed by atoms with Crippen LogP contribution in [0.4, 0.5) is 14.4 Å². The van der Waals surface area contributed by atoms with Gasteiger partial charge in [0.25, 0.3) is 0 Å². The molecule has 4 rings (SSSR count). The Bertz CT molecular complexity index is 1610. The number of nitrogens with one attached hydrogen (secondary N) is 6. The van der Waals surface area contributed by atoms with Crippen molar-refractivity contribution in [2.45, 2.75) is 140 Å². The second-order valence-electron chi connectivity index (χ2n) is 16.8. The quantitative estimate of drug-likeness (QED) is 0.0707. The molecule has 17 heteroatoms. The summed E-state index contributed by atoms with van der Waals surface area (Å²) in [6, 6.07) is 4.94. The monoisotopic (exact) mass is 853 g/mol. The normalized spacial score (nSPS) is 19.7. The maximum absolute atomic E-state index is 13.7. The van der Waals surface area contributed by atoms with E-state index >= 15 is 0 Å². The molecule has 0 bridgehead atoms. The minimum absolute atomic E-state index is 0.0642. The molecule has 5 atom stereocenters. The molecule has 0 saturated carbocycles. The van der Waals surface area contributed by atoms with E-state index in [0.29, 0.717) is 64.3 Å². The molecule has 0 aromatic heterocycles. The molecule has 17 nitrogen and oxygen atoms in total. The van der Waals surface area contributed by atoms with Crippen LogP contribution in [0, 0.1) is 0 Å². The number of rotatable bonds is 23. The summed E-state index contributed by atoms with van der Waals surface area (Å²) in [4.78, 5) is 97.3. The van der Waals surface area contributed by atoms with Crippen molar-refractivity contribution in [3.05, 3.63) is 35.4 Å². The minimum atomic E-state index is -0.766. The highest BCUT2D eigenvalue weighted by molar-refractivity contribution is 5.99. The number of unbranched alkanes of at least 4 members (excludes halogenated alkanes) is 3. The Morgan fingerprint density at radius 2 is 1.48 bits per heavy atom. The Kier molecular flexibility index (Phi) is 20.2. The van der Waals surface area contributed by atoms with E-state index in [1.54, 1.807) is 30.7 Å². The number of likely N-dealkylation sites (N-methyl/N-ethyl adjacent to an activating group) is 1. The molecule has 6 N–H and O–H groups in total. The molecular formula is C44H72N10O7. The third-order valence-corrected chi connectivity index (χ3v) is 12.5. The number of fused-ring (bicyclic) bond motifs is 1. The second-order valence-corrected chi connectivity index (χ2v) is 16.8. The standard InChI is InChI=1S/C44H72N10O7/c1-6-39(56)48-35(30-55)29-53(26-20-36-17-14-24-51(36)5)43(60)47-23-13-9-8-12-22-46-42(59)52(7-2)25-21-37-18-19-38(54(37)44(61)50-40(57)31(3)45-4)41(58)49-34-27-32-15-10-11-16-33(32)28-34/h10-11,15-16,30-31,34-38,45H,6-9,12-14,17-29H2,1-5H3,(H,46,59)(H,47,60)(H,48,56)(H,49,58)(H,50,57,61)/t31?,35-,36-,37+,38?/m0/s1. The van der Waals surface area contributed by atoms with Gasteiger partial charge in [-0.3, -0.25) is 19.7 Å². The first kappa shape index (κ1) is 48.9. The summed E-state index contributed by atoms with van der Waals surface area (Å²) in [5, 5.41) is 17.2. The molecule has 0 spiro atoms. The van der Waals surface area contributed by atoms with Gasteiger partial charge in [0.15, 0.2) is 0 Å². The molecule has 1 aliphatic carbocycles. The zero-order valence-corrected chi connectivity index (χ0v) is 37.1. The average Bonchev–Trinajstić information content (AvgIpc) is 4.00. The number of benzene rings is 1. The zero-order chi connectivity index (χ0) is 44.3. The van der Waals surface area contributed by atoms with E-state index in [4.69, 9.17) is 0 Å². The van der Waals surface area contributed by atoms with Gasteiger partial charge in [-0.05, 0) is 110 Å². The van der Waals surface area contributed by atoms with Crippen LogP contribution in [-0.2, 0) is 32.0 Å². The molecule has 2 saturated heterocycles. The third-order valence-electron chi connectivity index (χ3n) is 12.5. The number of imide groups is 1. The van der Waals surface area contributed by atoms with Gasteiger partial charge in [0.2, 0.25) is 17.7 Å². The highest BCUT2D eigenvalue weighted by Crippen LogP contribution is 2.29. The van der Waals surface area contributed by atoms with E-state index < -0.39 is 30.1 Å². The van der Waals surface area contributed by atoms with Gasteiger partial charge in [0.05, 0.1) is 6.04 Å². The first-order valence-electron chi connectivity index (χ1n) is 22.6. The van der Waals surface area contributed by atoms with E-state index in [1.807, 2.05) is 19.1 Å². The number of hydrogen-bond donors (Lipinski definition) is 6. The van der Waals surface area contributed by atoms with Gasteiger partial charge in [-0.15, -0.1) is 0 Å². The molecule has 2 fully saturated rings. The predicted molar refractivity (Wildman–Crippen MR) is 234 cm³/mol. The van der Waals surface area contributed by atoms with Crippen LogP contribution in [0.15, 0.2) is 24.3 Å². The van der Waals surface area contributed by atoms with Crippen molar-refractivity contribution >= 4 is 42.1 Å². The van der Waals surface area contributed by atoms with Crippen LogP contribution in [0.2, 0.25) is 0 Å². The SMILES string of the molecule is CCC(=O)N[C@H](C=O)CN(CC[C@@H]1CCCN1C)C(=O)NCCCCCCNC(=O)N(CC)CC[C@H]1CCC(C(=O)NC2Cc3ccccc3C2)N1C(=O)NC(=O)C(C)NC. The lowest BCUT2D eigenvalue weighted by molar-refractivity contribution is -0.126. The molecule has 340 valence electrons. The molecule has 2 unspecified atom stereocenters. The third kappa shape index (κ3) is 15.0. The van der Waals surface area contributed by atoms with Gasteiger partial charge in [-0.25, -0.2) is 14.4 Å². The van der Waals surface area contributed by atoms with Crippen molar-refractivity contribution in [3.8, 4) is 0 Å². The van der Waals surface area contributed by atoms with E-state index in [2.05, 4.69) is 56.0 Å². The van der Waals surface area contributed by atoms with Crippen molar-refractivity contribution in [3.63, 3.8) is 0 Å². The highest BCUT2D eigenvalue weighted by Gasteiger charge is 2.42. The van der Waals surface area contributed by atoms with Crippen molar-refractivity contribution < 1.29 is 33.6 Å². The summed E-state index contributed by atoms with van der Waals surface area (Å²) in [5.41, 5.74) is 2.42. The van der Waals surface area contributed by atoms with Crippen LogP contribution in [0.25, 0.3) is 0 Å². The Balaban J connectivity index is 1.19. The number of likely N-dealkylation sites (tertiary alicyclic amines) is 2. The molecule has 9 amide bonds. The van der Waals surface area contributed by atoms with Crippen molar-refractivity contribution in [1.82, 2.24) is 51.5 Å². The summed E-state index contributed by atoms with van der Waals surface area (Å²) < 4.78 is 0. The molecule has 1 aromatic rings. The van der Waals surface area contributed by atoms with Gasteiger partial charge in [-0.2, -0.15) is 0 Å². The number of nitrogens with zero attached hydrogens (tertiary/aromatic N) is 4. The lowest BCUT2D eigenvalue weighted by Gasteiger charge is -2.32. The summed E-state index contributed by atoms with van der Waals surface area (Å²) in [7, 11) is 3.72. The van der Waals surface area contributed by atoms with E-state index in [-0.39, 0.29) is 48.9 Å². The maximum Gasteiger partial charge on any atom is 0.325 e. The summed E-state index contributed by atoms with van der Waals surface area (Å²) in [6.07, 6.45) is 10.1. The lowest BCUT2D eigenvalue weighted by Crippen LogP contribution is -2.56. The van der Waals surface area contributed by atoms with Gasteiger partial charge >= 0.3 is 18.1 Å². The Hall–Kier alpha value is -4.77. The Morgan fingerprint density at radius 3 is 2.05 bits per heavy atom. The molecule has 3 aliphatic rings. The molecular weight excluding hydrogens is 781 g/mol. The first-order valence-corrected chi connectivity index (χ1v) is 22.6. The molecule has 0 radical (unpaired) electrons. The lowest BCUT2D eigenvalue weighted by atomic mass is 10.1. The van der Waals surface area contributed by atoms with E-state index in [9.17, 15) is 33.6 Å². The largest absolute Gasteiger partial charge is 0.351 e. The molecule has 61 heavy (non-hydrogen) atoms. The van der Waals surface area contributed by atoms with Gasteiger partial charge in [0.1, 0.15) is 18.4 Å². The Labute approximate surface area is 362 Å². The fraction of sp³-hybridized carbons (Fsp3) is 0.705. The molecule has 1 aromatic carbocycles. The van der Waals surface area contributed by atoms with E-state index in [0.717, 1.165) is 64.3 Å². The molecule has 2 heterocycles. The number of urea groups is 3. The number of aldehydes is 1. The maximum atomic E-state index is 13.7. The fourth-order valence-electron chi connectivity index (χ4n) is 8.62. The van der Waals surface area contributed by atoms with Crippen molar-refractivity contribution in [2.75, 3.05) is 59.9 Å².